The zero-order valence-electron chi connectivity index (χ0n) is 15.8. The van der Waals surface area contributed by atoms with Crippen molar-refractivity contribution in [1.29, 1.82) is 0 Å². The molecule has 1 rings (SSSR count). The molecule has 3 N–H and O–H groups in total. The maximum absolute atomic E-state index is 12.1. The standard InChI is InChI=1S/C18H30N4O2S.HI/c1-4-19-18(21-10-5-6-13-25-3)22-12-11-20-17(23)15-8-7-9-16(14-15)24-2;/h7-9,14H,4-6,10-13H2,1-3H3,(H,20,23)(H2,19,21,22);1H. The highest BCUT2D eigenvalue weighted by Crippen LogP contribution is 2.12. The number of hydrogen-bond donors (Lipinski definition) is 3. The summed E-state index contributed by atoms with van der Waals surface area (Å²) in [6.45, 7) is 4.80. The van der Waals surface area contributed by atoms with Gasteiger partial charge < -0.3 is 20.7 Å². The van der Waals surface area contributed by atoms with Crippen LogP contribution in [0.15, 0.2) is 29.3 Å². The van der Waals surface area contributed by atoms with Crippen LogP contribution in [0.5, 0.6) is 5.75 Å². The van der Waals surface area contributed by atoms with E-state index in [0.717, 1.165) is 25.5 Å². The first-order valence-electron chi connectivity index (χ1n) is 8.64. The number of thioether (sulfide) groups is 1. The van der Waals surface area contributed by atoms with Crippen LogP contribution >= 0.6 is 35.7 Å². The summed E-state index contributed by atoms with van der Waals surface area (Å²) >= 11 is 1.86. The van der Waals surface area contributed by atoms with Gasteiger partial charge in [-0.2, -0.15) is 11.8 Å². The van der Waals surface area contributed by atoms with Crippen LogP contribution in [0.3, 0.4) is 0 Å². The zero-order chi connectivity index (χ0) is 18.3. The Labute approximate surface area is 178 Å². The van der Waals surface area contributed by atoms with Crippen LogP contribution in [0.25, 0.3) is 0 Å². The van der Waals surface area contributed by atoms with Crippen LogP contribution in [0.4, 0.5) is 0 Å². The highest BCUT2D eigenvalue weighted by atomic mass is 127. The minimum absolute atomic E-state index is 0. The van der Waals surface area contributed by atoms with Crippen LogP contribution in [-0.2, 0) is 0 Å². The molecule has 1 aromatic carbocycles. The van der Waals surface area contributed by atoms with Crippen LogP contribution in [0.1, 0.15) is 30.1 Å². The second kappa shape index (κ2) is 16.0. The molecule has 0 bridgehead atoms. The number of amides is 1. The molecule has 0 saturated heterocycles. The van der Waals surface area contributed by atoms with Gasteiger partial charge in [0.25, 0.3) is 5.91 Å². The minimum Gasteiger partial charge on any atom is -0.497 e. The number of ether oxygens (including phenoxy) is 1. The van der Waals surface area contributed by atoms with Crippen molar-refractivity contribution in [1.82, 2.24) is 16.0 Å². The Hall–Kier alpha value is -1.16. The van der Waals surface area contributed by atoms with Gasteiger partial charge in [0.1, 0.15) is 5.75 Å². The number of guanidine groups is 1. The van der Waals surface area contributed by atoms with Gasteiger partial charge >= 0.3 is 0 Å². The molecule has 0 radical (unpaired) electrons. The molecule has 0 heterocycles. The molecule has 6 nitrogen and oxygen atoms in total. The number of methoxy groups -OCH3 is 1. The minimum atomic E-state index is -0.111. The molecule has 26 heavy (non-hydrogen) atoms. The van der Waals surface area contributed by atoms with Gasteiger partial charge in [-0.1, -0.05) is 6.07 Å². The number of nitrogens with zero attached hydrogens (tertiary/aromatic N) is 1. The van der Waals surface area contributed by atoms with E-state index in [-0.39, 0.29) is 29.9 Å². The molecule has 1 aromatic rings. The maximum Gasteiger partial charge on any atom is 0.251 e. The molecule has 8 heteroatoms. The number of unbranched alkanes of at least 4 members (excludes halogenated alkanes) is 1. The van der Waals surface area contributed by atoms with Gasteiger partial charge in [-0.25, -0.2) is 0 Å². The van der Waals surface area contributed by atoms with E-state index in [1.54, 1.807) is 25.3 Å². The first kappa shape index (κ1) is 24.8. The highest BCUT2D eigenvalue weighted by Gasteiger charge is 2.05. The third-order valence-corrected chi connectivity index (χ3v) is 4.10. The van der Waals surface area contributed by atoms with Crippen molar-refractivity contribution in [3.8, 4) is 5.75 Å². The van der Waals surface area contributed by atoms with Crippen LogP contribution in [0, 0.1) is 0 Å². The molecule has 0 atom stereocenters. The van der Waals surface area contributed by atoms with Crippen LogP contribution in [0.2, 0.25) is 0 Å². The lowest BCUT2D eigenvalue weighted by molar-refractivity contribution is 0.0954. The van der Waals surface area contributed by atoms with E-state index in [9.17, 15) is 4.79 Å². The third-order valence-electron chi connectivity index (χ3n) is 3.41. The Morgan fingerprint density at radius 3 is 2.65 bits per heavy atom. The molecule has 0 aliphatic rings. The second-order valence-corrected chi connectivity index (χ2v) is 6.36. The van der Waals surface area contributed by atoms with Crippen molar-refractivity contribution in [3.05, 3.63) is 29.8 Å². The monoisotopic (exact) mass is 494 g/mol. The quantitative estimate of drug-likeness (QED) is 0.191. The number of halogens is 1. The number of nitrogens with one attached hydrogen (secondary N) is 3. The predicted molar refractivity (Wildman–Crippen MR) is 122 cm³/mol. The average Bonchev–Trinajstić information content (AvgIpc) is 2.64. The SMILES string of the molecule is CCNC(=NCCCCSC)NCCNC(=O)c1cccc(OC)c1.I. The first-order chi connectivity index (χ1) is 12.2. The Morgan fingerprint density at radius 1 is 1.19 bits per heavy atom. The molecule has 1 amide bonds. The van der Waals surface area contributed by atoms with Gasteiger partial charge in [-0.05, 0) is 50.0 Å². The first-order valence-corrected chi connectivity index (χ1v) is 10.0. The number of carbonyl (C=O) groups is 1. The van der Waals surface area contributed by atoms with E-state index in [4.69, 9.17) is 4.74 Å². The fraction of sp³-hybridized carbons (Fsp3) is 0.556. The third kappa shape index (κ3) is 10.7. The number of aliphatic imine (C=N–C) groups is 1. The summed E-state index contributed by atoms with van der Waals surface area (Å²) in [6.07, 6.45) is 4.39. The van der Waals surface area contributed by atoms with E-state index >= 15 is 0 Å². The predicted octanol–water partition coefficient (Wildman–Crippen LogP) is 2.74. The van der Waals surface area contributed by atoms with E-state index in [1.807, 2.05) is 24.8 Å². The molecule has 0 aliphatic carbocycles. The molecule has 0 spiro atoms. The van der Waals surface area contributed by atoms with Crippen molar-refractivity contribution in [3.63, 3.8) is 0 Å². The van der Waals surface area contributed by atoms with Crippen molar-refractivity contribution < 1.29 is 9.53 Å². The molecule has 0 aliphatic heterocycles. The summed E-state index contributed by atoms with van der Waals surface area (Å²) in [5.41, 5.74) is 0.591. The Bertz CT molecular complexity index is 544. The second-order valence-electron chi connectivity index (χ2n) is 5.38. The fourth-order valence-corrected chi connectivity index (χ4v) is 2.61. The van der Waals surface area contributed by atoms with Gasteiger partial charge in [-0.3, -0.25) is 9.79 Å². The number of rotatable bonds is 11. The van der Waals surface area contributed by atoms with Crippen molar-refractivity contribution in [2.45, 2.75) is 19.8 Å². The fourth-order valence-electron chi connectivity index (χ4n) is 2.11. The lowest BCUT2D eigenvalue weighted by Gasteiger charge is -2.12. The summed E-state index contributed by atoms with van der Waals surface area (Å²) in [6, 6.07) is 7.12. The van der Waals surface area contributed by atoms with Crippen LogP contribution < -0.4 is 20.7 Å². The zero-order valence-corrected chi connectivity index (χ0v) is 19.0. The lowest BCUT2D eigenvalue weighted by Crippen LogP contribution is -2.41. The summed E-state index contributed by atoms with van der Waals surface area (Å²) in [4.78, 5) is 16.7. The average molecular weight is 494 g/mol. The van der Waals surface area contributed by atoms with Gasteiger partial charge in [0.15, 0.2) is 5.96 Å². The van der Waals surface area contributed by atoms with Crippen molar-refractivity contribution in [2.75, 3.05) is 45.3 Å². The Kier molecular flexibility index (Phi) is 15.3. The topological polar surface area (TPSA) is 74.8 Å². The Morgan fingerprint density at radius 2 is 1.96 bits per heavy atom. The van der Waals surface area contributed by atoms with Crippen molar-refractivity contribution >= 4 is 47.6 Å². The van der Waals surface area contributed by atoms with Gasteiger partial charge in [0, 0.05) is 31.7 Å². The molecule has 148 valence electrons. The summed E-state index contributed by atoms with van der Waals surface area (Å²) in [5, 5.41) is 9.34. The van der Waals surface area contributed by atoms with E-state index in [0.29, 0.717) is 24.4 Å². The van der Waals surface area contributed by atoms with E-state index in [2.05, 4.69) is 27.2 Å². The normalized spacial score (nSPS) is 10.7. The molecule has 0 saturated carbocycles. The molecular weight excluding hydrogens is 463 g/mol. The highest BCUT2D eigenvalue weighted by molar-refractivity contribution is 14.0. The number of hydrogen-bond acceptors (Lipinski definition) is 4. The molecule has 0 fully saturated rings. The number of benzene rings is 1. The molecule has 0 unspecified atom stereocenters. The van der Waals surface area contributed by atoms with E-state index in [1.165, 1.54) is 12.2 Å². The summed E-state index contributed by atoms with van der Waals surface area (Å²) < 4.78 is 5.13. The maximum atomic E-state index is 12.1. The van der Waals surface area contributed by atoms with Gasteiger partial charge in [0.05, 0.1) is 7.11 Å². The Balaban J connectivity index is 0.00000625. The van der Waals surface area contributed by atoms with Crippen molar-refractivity contribution in [2.24, 2.45) is 4.99 Å². The largest absolute Gasteiger partial charge is 0.497 e. The summed E-state index contributed by atoms with van der Waals surface area (Å²) in [5.74, 6) is 2.53. The molecular formula is C18H31IN4O2S. The van der Waals surface area contributed by atoms with E-state index < -0.39 is 0 Å². The summed E-state index contributed by atoms with van der Waals surface area (Å²) in [7, 11) is 1.59. The van der Waals surface area contributed by atoms with Gasteiger partial charge in [-0.15, -0.1) is 24.0 Å². The number of carbonyl (C=O) groups excluding carboxylic acids is 1. The smallest absolute Gasteiger partial charge is 0.251 e. The molecule has 0 aromatic heterocycles. The van der Waals surface area contributed by atoms with Crippen LogP contribution in [-0.4, -0.2) is 57.2 Å². The lowest BCUT2D eigenvalue weighted by atomic mass is 10.2. The van der Waals surface area contributed by atoms with Gasteiger partial charge in [0.2, 0.25) is 0 Å².